The number of primary amides is 1. The topological polar surface area (TPSA) is 95.6 Å². The predicted octanol–water partition coefficient (Wildman–Crippen LogP) is 4.15. The zero-order valence-corrected chi connectivity index (χ0v) is 18.2. The molecule has 0 aromatic carbocycles. The van der Waals surface area contributed by atoms with Crippen molar-refractivity contribution in [3.05, 3.63) is 0 Å². The fourth-order valence-corrected chi connectivity index (χ4v) is 2.90. The maximum absolute atomic E-state index is 10.6. The highest BCUT2D eigenvalue weighted by atomic mass is 16.3. The Kier molecular flexibility index (Phi) is 26.8. The molecule has 0 saturated heterocycles. The van der Waals surface area contributed by atoms with Gasteiger partial charge in [0.25, 0.3) is 0 Å². The molecule has 1 amide bonds. The molecule has 27 heavy (non-hydrogen) atoms. The second-order valence-electron chi connectivity index (χ2n) is 7.84. The first-order valence-corrected chi connectivity index (χ1v) is 11.2. The van der Waals surface area contributed by atoms with E-state index in [-0.39, 0.29) is 19.1 Å². The van der Waals surface area contributed by atoms with E-state index in [1.807, 2.05) is 0 Å². The van der Waals surface area contributed by atoms with Crippen molar-refractivity contribution in [2.24, 2.45) is 11.7 Å². The number of unbranched alkanes of at least 4 members (excludes halogenated alkanes) is 11. The van der Waals surface area contributed by atoms with Gasteiger partial charge in [0.1, 0.15) is 0 Å². The normalized spacial score (nSPS) is 10.7. The number of aliphatic hydroxyl groups excluding tert-OH is 2. The largest absolute Gasteiger partial charge is 0.395 e. The third-order valence-electron chi connectivity index (χ3n) is 4.53. The van der Waals surface area contributed by atoms with Crippen molar-refractivity contribution in [3.8, 4) is 0 Å². The van der Waals surface area contributed by atoms with Crippen LogP contribution in [0.25, 0.3) is 0 Å². The molecule has 0 aromatic heterocycles. The van der Waals surface area contributed by atoms with Gasteiger partial charge < -0.3 is 21.3 Å². The molecule has 0 saturated carbocycles. The number of amides is 1. The van der Waals surface area contributed by atoms with Gasteiger partial charge in [0.2, 0.25) is 5.91 Å². The Balaban J connectivity index is 0. The van der Waals surface area contributed by atoms with E-state index in [9.17, 15) is 4.79 Å². The molecule has 0 atom stereocenters. The summed E-state index contributed by atoms with van der Waals surface area (Å²) in [6, 6.07) is 0. The van der Waals surface area contributed by atoms with Gasteiger partial charge in [-0.25, -0.2) is 0 Å². The van der Waals surface area contributed by atoms with Gasteiger partial charge in [-0.2, -0.15) is 0 Å². The number of nitrogens with two attached hydrogens (primary N) is 1. The molecule has 0 aliphatic heterocycles. The van der Waals surface area contributed by atoms with E-state index >= 15 is 0 Å². The van der Waals surface area contributed by atoms with Crippen LogP contribution in [0.2, 0.25) is 0 Å². The molecule has 0 heterocycles. The molecule has 0 spiro atoms. The zero-order chi connectivity index (χ0) is 20.6. The quantitative estimate of drug-likeness (QED) is 0.250. The Bertz CT molecular complexity index is 283. The lowest BCUT2D eigenvalue weighted by Crippen LogP contribution is -2.21. The summed E-state index contributed by atoms with van der Waals surface area (Å²) in [4.78, 5) is 10.6. The summed E-state index contributed by atoms with van der Waals surface area (Å²) in [5, 5.41) is 19.1. The highest BCUT2D eigenvalue weighted by molar-refractivity contribution is 5.73. The summed E-state index contributed by atoms with van der Waals surface area (Å²) < 4.78 is 0. The first-order valence-electron chi connectivity index (χ1n) is 11.2. The van der Waals surface area contributed by atoms with Crippen LogP contribution in [0.1, 0.15) is 104 Å². The van der Waals surface area contributed by atoms with Gasteiger partial charge in [-0.15, -0.1) is 0 Å². The first-order chi connectivity index (χ1) is 13.0. The van der Waals surface area contributed by atoms with Gasteiger partial charge in [0.05, 0.1) is 13.2 Å². The summed E-state index contributed by atoms with van der Waals surface area (Å²) in [7, 11) is 0. The SMILES string of the molecule is CC(C)CCCCCCCCCCCCCCC(N)=O.OCCNCCO. The Labute approximate surface area is 168 Å². The van der Waals surface area contributed by atoms with Crippen molar-refractivity contribution in [1.29, 1.82) is 0 Å². The van der Waals surface area contributed by atoms with E-state index in [0.29, 0.717) is 19.5 Å². The lowest BCUT2D eigenvalue weighted by Gasteiger charge is -2.04. The van der Waals surface area contributed by atoms with Crippen molar-refractivity contribution in [1.82, 2.24) is 5.32 Å². The van der Waals surface area contributed by atoms with Crippen molar-refractivity contribution >= 4 is 5.91 Å². The molecule has 0 aromatic rings. The van der Waals surface area contributed by atoms with E-state index in [1.54, 1.807) is 0 Å². The molecule has 0 unspecified atom stereocenters. The van der Waals surface area contributed by atoms with E-state index in [4.69, 9.17) is 15.9 Å². The smallest absolute Gasteiger partial charge is 0.217 e. The highest BCUT2D eigenvalue weighted by Crippen LogP contribution is 2.14. The number of carbonyl (C=O) groups is 1. The van der Waals surface area contributed by atoms with Crippen molar-refractivity contribution < 1.29 is 15.0 Å². The monoisotopic (exact) mass is 388 g/mol. The number of carbonyl (C=O) groups excluding carboxylic acids is 1. The second-order valence-corrected chi connectivity index (χ2v) is 7.84. The standard InChI is InChI=1S/C18H37NO.C4H11NO2/c1-17(2)15-13-11-9-7-5-3-4-6-8-10-12-14-16-18(19)20;6-3-1-5-2-4-7/h17H,3-16H2,1-2H3,(H2,19,20);5-7H,1-4H2. The van der Waals surface area contributed by atoms with Gasteiger partial charge >= 0.3 is 0 Å². The third-order valence-corrected chi connectivity index (χ3v) is 4.53. The Morgan fingerprint density at radius 2 is 1.11 bits per heavy atom. The molecule has 0 aliphatic carbocycles. The van der Waals surface area contributed by atoms with E-state index < -0.39 is 0 Å². The molecule has 0 aliphatic rings. The Morgan fingerprint density at radius 1 is 0.741 bits per heavy atom. The zero-order valence-electron chi connectivity index (χ0n) is 18.2. The average Bonchev–Trinajstić information content (AvgIpc) is 2.62. The first kappa shape index (κ1) is 28.6. The van der Waals surface area contributed by atoms with Crippen LogP contribution in [0.15, 0.2) is 0 Å². The van der Waals surface area contributed by atoms with Crippen LogP contribution >= 0.6 is 0 Å². The molecule has 5 heteroatoms. The van der Waals surface area contributed by atoms with E-state index in [2.05, 4.69) is 19.2 Å². The number of rotatable bonds is 19. The van der Waals surface area contributed by atoms with Gasteiger partial charge in [0.15, 0.2) is 0 Å². The van der Waals surface area contributed by atoms with Gasteiger partial charge in [-0.3, -0.25) is 4.79 Å². The molecule has 0 bridgehead atoms. The summed E-state index contributed by atoms with van der Waals surface area (Å²) in [6.45, 7) is 6.04. The number of hydrogen-bond donors (Lipinski definition) is 4. The molecule has 0 fully saturated rings. The minimum Gasteiger partial charge on any atom is -0.395 e. The van der Waals surface area contributed by atoms with Crippen LogP contribution in [-0.2, 0) is 4.79 Å². The number of hydrogen-bond acceptors (Lipinski definition) is 4. The molecule has 0 radical (unpaired) electrons. The molecular weight excluding hydrogens is 340 g/mol. The van der Waals surface area contributed by atoms with Crippen LogP contribution in [0.3, 0.4) is 0 Å². The van der Waals surface area contributed by atoms with E-state index in [0.717, 1.165) is 12.3 Å². The van der Waals surface area contributed by atoms with Crippen LogP contribution in [0.5, 0.6) is 0 Å². The average molecular weight is 389 g/mol. The second kappa shape index (κ2) is 25.4. The summed E-state index contributed by atoms with van der Waals surface area (Å²) in [5.74, 6) is 0.719. The van der Waals surface area contributed by atoms with E-state index in [1.165, 1.54) is 77.0 Å². The maximum Gasteiger partial charge on any atom is 0.217 e. The minimum atomic E-state index is -0.154. The van der Waals surface area contributed by atoms with Crippen LogP contribution in [-0.4, -0.2) is 42.4 Å². The fourth-order valence-electron chi connectivity index (χ4n) is 2.90. The minimum absolute atomic E-state index is 0.139. The third kappa shape index (κ3) is 33.4. The Morgan fingerprint density at radius 3 is 1.44 bits per heavy atom. The lowest BCUT2D eigenvalue weighted by atomic mass is 10.0. The summed E-state index contributed by atoms with van der Waals surface area (Å²) in [5.41, 5.74) is 5.11. The molecular formula is C22H48N2O3. The molecule has 164 valence electrons. The lowest BCUT2D eigenvalue weighted by molar-refractivity contribution is -0.118. The highest BCUT2D eigenvalue weighted by Gasteiger charge is 1.96. The summed E-state index contributed by atoms with van der Waals surface area (Å²) in [6.07, 6.45) is 18.0. The summed E-state index contributed by atoms with van der Waals surface area (Å²) >= 11 is 0. The van der Waals surface area contributed by atoms with Crippen LogP contribution in [0, 0.1) is 5.92 Å². The van der Waals surface area contributed by atoms with Gasteiger partial charge in [-0.1, -0.05) is 90.9 Å². The van der Waals surface area contributed by atoms with Gasteiger partial charge in [0, 0.05) is 19.5 Å². The number of nitrogens with one attached hydrogen (secondary N) is 1. The van der Waals surface area contributed by atoms with Crippen LogP contribution < -0.4 is 11.1 Å². The van der Waals surface area contributed by atoms with Gasteiger partial charge in [-0.05, 0) is 12.3 Å². The molecule has 0 rings (SSSR count). The molecule has 5 nitrogen and oxygen atoms in total. The Hall–Kier alpha value is -0.650. The van der Waals surface area contributed by atoms with Crippen LogP contribution in [0.4, 0.5) is 0 Å². The molecule has 5 N–H and O–H groups in total. The van der Waals surface area contributed by atoms with Crippen molar-refractivity contribution in [2.75, 3.05) is 26.3 Å². The fraction of sp³-hybridized carbons (Fsp3) is 0.955. The number of aliphatic hydroxyl groups is 2. The predicted molar refractivity (Wildman–Crippen MR) is 116 cm³/mol. The maximum atomic E-state index is 10.6. The van der Waals surface area contributed by atoms with Crippen molar-refractivity contribution in [3.63, 3.8) is 0 Å². The van der Waals surface area contributed by atoms with Crippen molar-refractivity contribution in [2.45, 2.75) is 104 Å².